The molecule has 1 aliphatic rings. The van der Waals surface area contributed by atoms with Crippen LogP contribution in [-0.2, 0) is 14.3 Å². The highest BCUT2D eigenvalue weighted by molar-refractivity contribution is 5.81. The Bertz CT molecular complexity index is 288. The molecule has 0 heterocycles. The summed E-state index contributed by atoms with van der Waals surface area (Å²) in [6.45, 7) is 5.48. The van der Waals surface area contributed by atoms with Gasteiger partial charge in [0.15, 0.2) is 0 Å². The molecule has 4 heteroatoms. The summed E-state index contributed by atoms with van der Waals surface area (Å²) in [5.74, 6) is -0.339. The second kappa shape index (κ2) is 6.76. The van der Waals surface area contributed by atoms with Gasteiger partial charge in [0.25, 0.3) is 0 Å². The highest BCUT2D eigenvalue weighted by Gasteiger charge is 2.19. The maximum atomic E-state index is 11.7. The van der Waals surface area contributed by atoms with Crippen molar-refractivity contribution < 1.29 is 14.3 Å². The highest BCUT2D eigenvalue weighted by Crippen LogP contribution is 2.17. The Kier molecular flexibility index (Phi) is 5.63. The van der Waals surface area contributed by atoms with Gasteiger partial charge >= 0.3 is 5.97 Å². The van der Waals surface area contributed by atoms with Gasteiger partial charge in [0.05, 0.1) is 6.42 Å². The molecule has 1 aliphatic carbocycles. The number of hydrogen-bond acceptors (Lipinski definition) is 3. The largest absolute Gasteiger partial charge is 0.460 e. The molecule has 0 bridgehead atoms. The van der Waals surface area contributed by atoms with Crippen molar-refractivity contribution in [3.63, 3.8) is 0 Å². The van der Waals surface area contributed by atoms with E-state index in [4.69, 9.17) is 4.74 Å². The summed E-state index contributed by atoms with van der Waals surface area (Å²) in [7, 11) is 0. The van der Waals surface area contributed by atoms with Gasteiger partial charge in [-0.2, -0.15) is 0 Å². The average molecular weight is 255 g/mol. The Morgan fingerprint density at radius 1 is 1.11 bits per heavy atom. The van der Waals surface area contributed by atoms with Crippen LogP contribution < -0.4 is 5.32 Å². The highest BCUT2D eigenvalue weighted by atomic mass is 16.6. The molecule has 0 aliphatic heterocycles. The first-order valence-electron chi connectivity index (χ1n) is 6.88. The van der Waals surface area contributed by atoms with Crippen LogP contribution in [0.2, 0.25) is 0 Å². The molecule has 0 aromatic heterocycles. The van der Waals surface area contributed by atoms with Crippen molar-refractivity contribution in [3.8, 4) is 0 Å². The molecule has 1 fully saturated rings. The summed E-state index contributed by atoms with van der Waals surface area (Å²) >= 11 is 0. The van der Waals surface area contributed by atoms with Crippen molar-refractivity contribution in [3.05, 3.63) is 0 Å². The topological polar surface area (TPSA) is 55.4 Å². The monoisotopic (exact) mass is 255 g/mol. The Morgan fingerprint density at radius 2 is 1.72 bits per heavy atom. The minimum absolute atomic E-state index is 0.0345. The zero-order chi connectivity index (χ0) is 13.6. The molecule has 1 N–H and O–H groups in total. The molecule has 1 rings (SSSR count). The van der Waals surface area contributed by atoms with Crippen LogP contribution in [0, 0.1) is 0 Å². The van der Waals surface area contributed by atoms with Crippen molar-refractivity contribution in [2.75, 3.05) is 0 Å². The predicted molar refractivity (Wildman–Crippen MR) is 70.1 cm³/mol. The van der Waals surface area contributed by atoms with Crippen molar-refractivity contribution in [2.24, 2.45) is 0 Å². The van der Waals surface area contributed by atoms with Gasteiger partial charge in [0, 0.05) is 12.5 Å². The fourth-order valence-electron chi connectivity index (χ4n) is 2.15. The second-order valence-corrected chi connectivity index (χ2v) is 5.99. The van der Waals surface area contributed by atoms with E-state index in [1.807, 2.05) is 20.8 Å². The Labute approximate surface area is 109 Å². The summed E-state index contributed by atoms with van der Waals surface area (Å²) in [5.41, 5.74) is -0.475. The lowest BCUT2D eigenvalue weighted by Gasteiger charge is -2.23. The number of ether oxygens (including phenoxy) is 1. The summed E-state index contributed by atoms with van der Waals surface area (Å²) in [6.07, 6.45) is 6.18. The molecule has 4 nitrogen and oxygen atoms in total. The number of nitrogens with one attached hydrogen (secondary N) is 1. The van der Waals surface area contributed by atoms with Crippen LogP contribution in [0.5, 0.6) is 0 Å². The first-order valence-corrected chi connectivity index (χ1v) is 6.88. The van der Waals surface area contributed by atoms with E-state index in [0.29, 0.717) is 6.04 Å². The van der Waals surface area contributed by atoms with Crippen molar-refractivity contribution in [1.29, 1.82) is 0 Å². The summed E-state index contributed by atoms with van der Waals surface area (Å²) in [4.78, 5) is 23.1. The fourth-order valence-corrected chi connectivity index (χ4v) is 2.15. The molecule has 0 unspecified atom stereocenters. The van der Waals surface area contributed by atoms with E-state index in [1.54, 1.807) is 0 Å². The predicted octanol–water partition coefficient (Wildman–Crippen LogP) is 2.56. The molecule has 0 spiro atoms. The second-order valence-electron chi connectivity index (χ2n) is 5.99. The van der Waals surface area contributed by atoms with E-state index in [-0.39, 0.29) is 24.7 Å². The van der Waals surface area contributed by atoms with Crippen LogP contribution in [0.25, 0.3) is 0 Å². The van der Waals surface area contributed by atoms with E-state index < -0.39 is 5.60 Å². The molecule has 18 heavy (non-hydrogen) atoms. The molecule has 0 radical (unpaired) electrons. The molecular weight excluding hydrogens is 230 g/mol. The third-order valence-electron chi connectivity index (χ3n) is 2.95. The fraction of sp³-hybridized carbons (Fsp3) is 0.857. The molecule has 1 saturated carbocycles. The van der Waals surface area contributed by atoms with Gasteiger partial charge in [-0.05, 0) is 33.6 Å². The van der Waals surface area contributed by atoms with Gasteiger partial charge in [-0.15, -0.1) is 0 Å². The van der Waals surface area contributed by atoms with Gasteiger partial charge < -0.3 is 10.1 Å². The van der Waals surface area contributed by atoms with Crippen LogP contribution in [-0.4, -0.2) is 23.5 Å². The minimum Gasteiger partial charge on any atom is -0.460 e. The smallest absolute Gasteiger partial charge is 0.306 e. The van der Waals surface area contributed by atoms with Crippen LogP contribution in [0.15, 0.2) is 0 Å². The zero-order valence-corrected chi connectivity index (χ0v) is 11.8. The Morgan fingerprint density at radius 3 is 2.28 bits per heavy atom. The molecule has 104 valence electrons. The molecule has 0 saturated heterocycles. The maximum Gasteiger partial charge on any atom is 0.306 e. The Hall–Kier alpha value is -1.06. The first kappa shape index (κ1) is 15.0. The number of hydrogen-bond donors (Lipinski definition) is 1. The summed E-state index contributed by atoms with van der Waals surface area (Å²) in [5, 5.41) is 2.99. The average Bonchev–Trinajstić information content (AvgIpc) is 2.25. The minimum atomic E-state index is -0.475. The van der Waals surface area contributed by atoms with Gasteiger partial charge in [-0.1, -0.05) is 19.3 Å². The van der Waals surface area contributed by atoms with E-state index in [0.717, 1.165) is 12.8 Å². The molecular formula is C14H25NO3. The van der Waals surface area contributed by atoms with E-state index >= 15 is 0 Å². The van der Waals surface area contributed by atoms with Gasteiger partial charge in [0.2, 0.25) is 5.91 Å². The summed E-state index contributed by atoms with van der Waals surface area (Å²) < 4.78 is 5.16. The quantitative estimate of drug-likeness (QED) is 0.785. The van der Waals surface area contributed by atoms with Crippen molar-refractivity contribution >= 4 is 11.9 Å². The summed E-state index contributed by atoms with van der Waals surface area (Å²) in [6, 6.07) is 0.310. The van der Waals surface area contributed by atoms with Gasteiger partial charge in [-0.25, -0.2) is 0 Å². The molecule has 0 aromatic rings. The standard InChI is InChI=1S/C14H25NO3/c1-14(2,3)18-13(17)10-9-12(16)15-11-7-5-4-6-8-11/h11H,4-10H2,1-3H3,(H,15,16). The SMILES string of the molecule is CC(C)(C)OC(=O)CCC(=O)NC1CCCCC1. The zero-order valence-electron chi connectivity index (χ0n) is 11.8. The number of esters is 1. The van der Waals surface area contributed by atoms with Crippen molar-refractivity contribution in [1.82, 2.24) is 5.32 Å². The van der Waals surface area contributed by atoms with Crippen LogP contribution in [0.4, 0.5) is 0 Å². The first-order chi connectivity index (χ1) is 8.37. The van der Waals surface area contributed by atoms with Gasteiger partial charge in [0.1, 0.15) is 5.60 Å². The lowest BCUT2D eigenvalue weighted by Crippen LogP contribution is -2.36. The van der Waals surface area contributed by atoms with Crippen LogP contribution in [0.3, 0.4) is 0 Å². The number of amides is 1. The lowest BCUT2D eigenvalue weighted by atomic mass is 9.95. The molecule has 1 amide bonds. The number of carbonyl (C=O) groups is 2. The Balaban J connectivity index is 2.18. The maximum absolute atomic E-state index is 11.7. The van der Waals surface area contributed by atoms with Crippen LogP contribution >= 0.6 is 0 Å². The van der Waals surface area contributed by atoms with Crippen molar-refractivity contribution in [2.45, 2.75) is 77.4 Å². The third kappa shape index (κ3) is 6.62. The van der Waals surface area contributed by atoms with Crippen LogP contribution in [0.1, 0.15) is 65.7 Å². The third-order valence-corrected chi connectivity index (χ3v) is 2.95. The van der Waals surface area contributed by atoms with E-state index in [2.05, 4.69) is 5.32 Å². The normalized spacial score (nSPS) is 17.3. The van der Waals surface area contributed by atoms with Gasteiger partial charge in [-0.3, -0.25) is 9.59 Å². The molecule has 0 atom stereocenters. The number of rotatable bonds is 4. The lowest BCUT2D eigenvalue weighted by molar-refractivity contribution is -0.155. The molecule has 0 aromatic carbocycles. The van der Waals surface area contributed by atoms with E-state index in [9.17, 15) is 9.59 Å². The number of carbonyl (C=O) groups excluding carboxylic acids is 2. The van der Waals surface area contributed by atoms with E-state index in [1.165, 1.54) is 19.3 Å².